The quantitative estimate of drug-likeness (QED) is 0.630. The number of hydrogen-bond donors (Lipinski definition) is 1. The summed E-state index contributed by atoms with van der Waals surface area (Å²) in [5, 5.41) is 2.90. The number of carbonyl (C=O) groups is 1. The molecule has 0 aliphatic heterocycles. The average Bonchev–Trinajstić information content (AvgIpc) is 1.85. The summed E-state index contributed by atoms with van der Waals surface area (Å²) in [6.45, 7) is 10.2. The second-order valence-corrected chi connectivity index (χ2v) is 4.10. The van der Waals surface area contributed by atoms with Crippen LogP contribution in [-0.4, -0.2) is 11.9 Å². The smallest absolute Gasteiger partial charge is 0.243 e. The summed E-state index contributed by atoms with van der Waals surface area (Å²) < 4.78 is 0. The number of nitrogens with one attached hydrogen (secondary N) is 1. The van der Waals surface area contributed by atoms with E-state index in [2.05, 4.69) is 26.1 Å². The van der Waals surface area contributed by atoms with Crippen LogP contribution in [0.3, 0.4) is 0 Å². The van der Waals surface area contributed by atoms with E-state index in [1.807, 2.05) is 13.8 Å². The third-order valence-corrected chi connectivity index (χ3v) is 1.98. The molecule has 0 saturated carbocycles. The lowest BCUT2D eigenvalue weighted by Crippen LogP contribution is -2.40. The van der Waals surface area contributed by atoms with E-state index in [0.717, 1.165) is 0 Å². The maximum atomic E-state index is 11.1. The molecule has 1 unspecified atom stereocenters. The zero-order chi connectivity index (χ0) is 9.78. The lowest BCUT2D eigenvalue weighted by atomic mass is 9.88. The lowest BCUT2D eigenvalue weighted by molar-refractivity contribution is -0.117. The molecule has 12 heavy (non-hydrogen) atoms. The van der Waals surface area contributed by atoms with Crippen molar-refractivity contribution in [2.24, 2.45) is 5.41 Å². The SMILES string of the molecule is C/C=C\C(=O)NC(C)C(C)(C)C. The first kappa shape index (κ1) is 11.2. The van der Waals surface area contributed by atoms with Crippen LogP contribution in [0, 0.1) is 5.41 Å². The molecule has 1 atom stereocenters. The summed E-state index contributed by atoms with van der Waals surface area (Å²) in [5.41, 5.74) is 0.122. The minimum Gasteiger partial charge on any atom is -0.350 e. The van der Waals surface area contributed by atoms with Crippen molar-refractivity contribution in [3.05, 3.63) is 12.2 Å². The van der Waals surface area contributed by atoms with Gasteiger partial charge in [-0.25, -0.2) is 0 Å². The van der Waals surface area contributed by atoms with Gasteiger partial charge < -0.3 is 5.32 Å². The maximum Gasteiger partial charge on any atom is 0.243 e. The van der Waals surface area contributed by atoms with E-state index in [9.17, 15) is 4.79 Å². The molecule has 0 radical (unpaired) electrons. The fourth-order valence-electron chi connectivity index (χ4n) is 0.629. The van der Waals surface area contributed by atoms with Crippen molar-refractivity contribution in [1.29, 1.82) is 0 Å². The van der Waals surface area contributed by atoms with E-state index in [1.165, 1.54) is 0 Å². The zero-order valence-electron chi connectivity index (χ0n) is 8.64. The van der Waals surface area contributed by atoms with Crippen LogP contribution in [0.5, 0.6) is 0 Å². The maximum absolute atomic E-state index is 11.1. The van der Waals surface area contributed by atoms with Crippen molar-refractivity contribution < 1.29 is 4.79 Å². The van der Waals surface area contributed by atoms with Crippen LogP contribution in [0.2, 0.25) is 0 Å². The van der Waals surface area contributed by atoms with Gasteiger partial charge in [-0.05, 0) is 25.3 Å². The molecule has 0 heterocycles. The zero-order valence-corrected chi connectivity index (χ0v) is 8.64. The topological polar surface area (TPSA) is 29.1 Å². The van der Waals surface area contributed by atoms with Crippen LogP contribution in [-0.2, 0) is 4.79 Å². The molecular formula is C10H19NO. The van der Waals surface area contributed by atoms with Gasteiger partial charge in [0.25, 0.3) is 0 Å². The van der Waals surface area contributed by atoms with E-state index >= 15 is 0 Å². The second-order valence-electron chi connectivity index (χ2n) is 4.10. The van der Waals surface area contributed by atoms with Crippen LogP contribution < -0.4 is 5.32 Å². The Labute approximate surface area is 75.0 Å². The van der Waals surface area contributed by atoms with Gasteiger partial charge >= 0.3 is 0 Å². The minimum atomic E-state index is -0.0140. The fraction of sp³-hybridized carbons (Fsp3) is 0.700. The molecule has 0 aliphatic carbocycles. The van der Waals surface area contributed by atoms with Gasteiger partial charge in [0.05, 0.1) is 0 Å². The highest BCUT2D eigenvalue weighted by atomic mass is 16.1. The third kappa shape index (κ3) is 4.16. The van der Waals surface area contributed by atoms with Gasteiger partial charge in [-0.3, -0.25) is 4.79 Å². The molecule has 0 spiro atoms. The van der Waals surface area contributed by atoms with Gasteiger partial charge in [0, 0.05) is 6.04 Å². The fourth-order valence-corrected chi connectivity index (χ4v) is 0.629. The first-order chi connectivity index (χ1) is 5.38. The van der Waals surface area contributed by atoms with E-state index in [-0.39, 0.29) is 17.4 Å². The highest BCUT2D eigenvalue weighted by Gasteiger charge is 2.20. The molecule has 70 valence electrons. The van der Waals surface area contributed by atoms with Crippen molar-refractivity contribution in [2.45, 2.75) is 40.7 Å². The summed E-state index contributed by atoms with van der Waals surface area (Å²) in [7, 11) is 0. The van der Waals surface area contributed by atoms with E-state index < -0.39 is 0 Å². The Morgan fingerprint density at radius 1 is 1.42 bits per heavy atom. The van der Waals surface area contributed by atoms with Crippen molar-refractivity contribution in [2.75, 3.05) is 0 Å². The van der Waals surface area contributed by atoms with Crippen molar-refractivity contribution >= 4 is 5.91 Å². The third-order valence-electron chi connectivity index (χ3n) is 1.98. The normalized spacial score (nSPS) is 14.8. The highest BCUT2D eigenvalue weighted by molar-refractivity contribution is 5.87. The van der Waals surface area contributed by atoms with Gasteiger partial charge in [0.1, 0.15) is 0 Å². The molecule has 1 amide bonds. The summed E-state index contributed by atoms with van der Waals surface area (Å²) in [5.74, 6) is -0.0140. The van der Waals surface area contributed by atoms with Crippen LogP contribution in [0.1, 0.15) is 34.6 Å². The van der Waals surface area contributed by atoms with Gasteiger partial charge in [-0.1, -0.05) is 26.8 Å². The van der Waals surface area contributed by atoms with Gasteiger partial charge in [-0.2, -0.15) is 0 Å². The molecule has 2 heteroatoms. The van der Waals surface area contributed by atoms with Crippen LogP contribution >= 0.6 is 0 Å². The Hall–Kier alpha value is -0.790. The molecule has 2 nitrogen and oxygen atoms in total. The molecular weight excluding hydrogens is 150 g/mol. The Morgan fingerprint density at radius 2 is 1.92 bits per heavy atom. The minimum absolute atomic E-state index is 0.0140. The van der Waals surface area contributed by atoms with Crippen LogP contribution in [0.4, 0.5) is 0 Å². The number of amides is 1. The number of hydrogen-bond acceptors (Lipinski definition) is 1. The van der Waals surface area contributed by atoms with Crippen molar-refractivity contribution in [3.8, 4) is 0 Å². The number of allylic oxidation sites excluding steroid dienone is 1. The standard InChI is InChI=1S/C10H19NO/c1-6-7-9(12)11-8(2)10(3,4)5/h6-8H,1-5H3,(H,11,12)/b7-6-. The Balaban J connectivity index is 4.01. The predicted octanol–water partition coefficient (Wildman–Crippen LogP) is 2.11. The molecule has 0 aromatic rings. The first-order valence-corrected chi connectivity index (χ1v) is 4.31. The van der Waals surface area contributed by atoms with Crippen LogP contribution in [0.15, 0.2) is 12.2 Å². The van der Waals surface area contributed by atoms with Crippen molar-refractivity contribution in [3.63, 3.8) is 0 Å². The van der Waals surface area contributed by atoms with Gasteiger partial charge in [0.2, 0.25) is 5.91 Å². The van der Waals surface area contributed by atoms with Gasteiger partial charge in [-0.15, -0.1) is 0 Å². The number of carbonyl (C=O) groups excluding carboxylic acids is 1. The second kappa shape index (κ2) is 4.29. The largest absolute Gasteiger partial charge is 0.350 e. The van der Waals surface area contributed by atoms with E-state index in [1.54, 1.807) is 12.2 Å². The van der Waals surface area contributed by atoms with Gasteiger partial charge in [0.15, 0.2) is 0 Å². The molecule has 0 fully saturated rings. The molecule has 0 bridgehead atoms. The Bertz CT molecular complexity index is 177. The monoisotopic (exact) mass is 169 g/mol. The average molecular weight is 169 g/mol. The molecule has 0 rings (SSSR count). The molecule has 0 saturated heterocycles. The van der Waals surface area contributed by atoms with E-state index in [0.29, 0.717) is 0 Å². The molecule has 0 aliphatic rings. The van der Waals surface area contributed by atoms with Crippen LogP contribution in [0.25, 0.3) is 0 Å². The first-order valence-electron chi connectivity index (χ1n) is 4.31. The molecule has 0 aromatic heterocycles. The molecule has 0 aromatic carbocycles. The van der Waals surface area contributed by atoms with E-state index in [4.69, 9.17) is 0 Å². The van der Waals surface area contributed by atoms with Crippen molar-refractivity contribution in [1.82, 2.24) is 5.32 Å². The highest BCUT2D eigenvalue weighted by Crippen LogP contribution is 2.18. The lowest BCUT2D eigenvalue weighted by Gasteiger charge is -2.27. The predicted molar refractivity (Wildman–Crippen MR) is 51.9 cm³/mol. The number of rotatable bonds is 2. The Kier molecular flexibility index (Phi) is 4.01. The summed E-state index contributed by atoms with van der Waals surface area (Å²) in [6, 6.07) is 0.196. The summed E-state index contributed by atoms with van der Waals surface area (Å²) >= 11 is 0. The summed E-state index contributed by atoms with van der Waals surface area (Å²) in [6.07, 6.45) is 3.28. The summed E-state index contributed by atoms with van der Waals surface area (Å²) in [4.78, 5) is 11.1. The molecule has 1 N–H and O–H groups in total. The Morgan fingerprint density at radius 3 is 2.25 bits per heavy atom.